The molecule has 0 aliphatic rings. The molecule has 0 aromatic carbocycles. The van der Waals surface area contributed by atoms with Gasteiger partial charge in [0.15, 0.2) is 0 Å². The van der Waals surface area contributed by atoms with Crippen molar-refractivity contribution in [3.05, 3.63) is 28.6 Å². The van der Waals surface area contributed by atoms with Crippen LogP contribution in [0, 0.1) is 10.1 Å². The van der Waals surface area contributed by atoms with Gasteiger partial charge in [-0.25, -0.2) is 9.78 Å². The molecule has 0 fully saturated rings. The van der Waals surface area contributed by atoms with Crippen molar-refractivity contribution in [1.82, 2.24) is 29.5 Å². The summed E-state index contributed by atoms with van der Waals surface area (Å²) in [5.41, 5.74) is 0. The van der Waals surface area contributed by atoms with Crippen LogP contribution in [0.25, 0.3) is 0 Å². The maximum Gasteiger partial charge on any atom is 0.465 e. The summed E-state index contributed by atoms with van der Waals surface area (Å²) in [6.45, 7) is 0. The summed E-state index contributed by atoms with van der Waals surface area (Å²) in [5, 5.41) is 18.0. The lowest BCUT2D eigenvalue weighted by Gasteiger charge is -2.21. The van der Waals surface area contributed by atoms with E-state index in [0.29, 0.717) is 9.36 Å². The Kier molecular flexibility index (Phi) is 4.51. The Morgan fingerprint density at radius 3 is 2.36 bits per heavy atom. The number of nitrogens with zero attached hydrogens (tertiary/aromatic N) is 7. The van der Waals surface area contributed by atoms with E-state index in [0.717, 1.165) is 12.7 Å². The average molecular weight is 409 g/mol. The van der Waals surface area contributed by atoms with Crippen LogP contribution in [0.1, 0.15) is 5.82 Å². The third-order valence-electron chi connectivity index (χ3n) is 2.19. The van der Waals surface area contributed by atoms with E-state index in [9.17, 15) is 14.9 Å². The molecule has 2 heterocycles. The summed E-state index contributed by atoms with van der Waals surface area (Å²) in [6, 6.07) is -1.06. The number of carbonyl (C=O) groups is 1. The van der Waals surface area contributed by atoms with Crippen LogP contribution in [-0.4, -0.2) is 44.3 Å². The fourth-order valence-corrected chi connectivity index (χ4v) is 1.63. The molecule has 2 aromatic heterocycles. The Morgan fingerprint density at radius 2 is 1.91 bits per heavy atom. The maximum absolute atomic E-state index is 12.1. The van der Waals surface area contributed by atoms with Crippen LogP contribution in [0.4, 0.5) is 10.7 Å². The molecule has 0 bridgehead atoms. The van der Waals surface area contributed by atoms with Gasteiger partial charge in [0.1, 0.15) is 12.7 Å². The SMILES string of the molecule is O=C(n1cncn1)n1nc(C(Cl)(Cl)C(Cl)(Cl)Cl)nc1[N+](=O)[O-]. The van der Waals surface area contributed by atoms with Crippen molar-refractivity contribution < 1.29 is 9.72 Å². The van der Waals surface area contributed by atoms with Gasteiger partial charge in [0.25, 0.3) is 5.82 Å². The fourth-order valence-electron chi connectivity index (χ4n) is 1.21. The van der Waals surface area contributed by atoms with Crippen LogP contribution in [0.5, 0.6) is 0 Å². The van der Waals surface area contributed by atoms with Gasteiger partial charge in [0.2, 0.25) is 8.13 Å². The number of hydrogen-bond acceptors (Lipinski definition) is 7. The Balaban J connectivity index is 2.57. The molecule has 15 heteroatoms. The molecule has 118 valence electrons. The molecule has 2 rings (SSSR count). The first-order chi connectivity index (χ1) is 10.1. The van der Waals surface area contributed by atoms with Crippen molar-refractivity contribution in [1.29, 1.82) is 0 Å². The van der Waals surface area contributed by atoms with Crippen LogP contribution in [0.2, 0.25) is 0 Å². The molecule has 0 N–H and O–H groups in total. The Hall–Kier alpha value is -1.20. The first-order valence-corrected chi connectivity index (χ1v) is 6.90. The zero-order valence-electron chi connectivity index (χ0n) is 9.90. The van der Waals surface area contributed by atoms with Gasteiger partial charge in [-0.2, -0.15) is 4.68 Å². The molecule has 0 unspecified atom stereocenters. The van der Waals surface area contributed by atoms with E-state index in [-0.39, 0.29) is 0 Å². The molecule has 0 aliphatic carbocycles. The highest BCUT2D eigenvalue weighted by Crippen LogP contribution is 2.51. The summed E-state index contributed by atoms with van der Waals surface area (Å²) < 4.78 is -3.69. The smallest absolute Gasteiger partial charge is 0.390 e. The van der Waals surface area contributed by atoms with E-state index < -0.39 is 30.9 Å². The van der Waals surface area contributed by atoms with E-state index in [4.69, 9.17) is 58.0 Å². The van der Waals surface area contributed by atoms with Gasteiger partial charge < -0.3 is 10.1 Å². The molecule has 0 radical (unpaired) electrons. The van der Waals surface area contributed by atoms with E-state index in [1.807, 2.05) is 0 Å². The van der Waals surface area contributed by atoms with Crippen LogP contribution < -0.4 is 0 Å². The van der Waals surface area contributed by atoms with Crippen molar-refractivity contribution in [2.75, 3.05) is 0 Å². The van der Waals surface area contributed by atoms with E-state index in [1.165, 1.54) is 0 Å². The van der Waals surface area contributed by atoms with Crippen LogP contribution in [-0.2, 0) is 4.33 Å². The number of rotatable bonds is 2. The Labute approximate surface area is 146 Å². The lowest BCUT2D eigenvalue weighted by Crippen LogP contribution is -2.30. The lowest BCUT2D eigenvalue weighted by atomic mass is 10.4. The number of alkyl halides is 5. The molecule has 22 heavy (non-hydrogen) atoms. The predicted octanol–water partition coefficient (Wildman–Crippen LogP) is 2.29. The molecule has 2 aromatic rings. The summed E-state index contributed by atoms with van der Waals surface area (Å²) in [6.07, 6.45) is 2.04. The third-order valence-corrected chi connectivity index (χ3v) is 4.52. The van der Waals surface area contributed by atoms with Crippen molar-refractivity contribution in [3.8, 4) is 0 Å². The number of aromatic nitrogens is 6. The van der Waals surface area contributed by atoms with Crippen molar-refractivity contribution in [3.63, 3.8) is 0 Å². The summed E-state index contributed by atoms with van der Waals surface area (Å²) in [4.78, 5) is 29.0. The van der Waals surface area contributed by atoms with Crippen molar-refractivity contribution in [2.24, 2.45) is 0 Å². The van der Waals surface area contributed by atoms with Gasteiger partial charge >= 0.3 is 12.0 Å². The fraction of sp³-hybridized carbons (Fsp3) is 0.286. The molecule has 10 nitrogen and oxygen atoms in total. The minimum atomic E-state index is -2.34. The topological polar surface area (TPSA) is 122 Å². The van der Waals surface area contributed by atoms with E-state index >= 15 is 0 Å². The quantitative estimate of drug-likeness (QED) is 0.424. The van der Waals surface area contributed by atoms with Crippen LogP contribution >= 0.6 is 58.0 Å². The van der Waals surface area contributed by atoms with Gasteiger partial charge in [0.05, 0.1) is 0 Å². The van der Waals surface area contributed by atoms with Crippen molar-refractivity contribution >= 4 is 70.0 Å². The predicted molar refractivity (Wildman–Crippen MR) is 76.6 cm³/mol. The summed E-state index contributed by atoms with van der Waals surface area (Å²) in [7, 11) is 0. The van der Waals surface area contributed by atoms with Crippen molar-refractivity contribution in [2.45, 2.75) is 8.13 Å². The Morgan fingerprint density at radius 1 is 1.27 bits per heavy atom. The highest BCUT2D eigenvalue weighted by atomic mass is 35.6. The first-order valence-electron chi connectivity index (χ1n) is 5.01. The number of hydrogen-bond donors (Lipinski definition) is 0. The molecule has 0 aliphatic heterocycles. The van der Waals surface area contributed by atoms with E-state index in [2.05, 4.69) is 20.2 Å². The third kappa shape index (κ3) is 2.97. The molecule has 0 spiro atoms. The normalized spacial score (nSPS) is 12.4. The van der Waals surface area contributed by atoms with Crippen LogP contribution in [0.15, 0.2) is 12.7 Å². The van der Waals surface area contributed by atoms with Gasteiger partial charge in [0, 0.05) is 0 Å². The zero-order valence-corrected chi connectivity index (χ0v) is 13.7. The second kappa shape index (κ2) is 5.78. The lowest BCUT2D eigenvalue weighted by molar-refractivity contribution is -0.395. The standard InChI is InChI=1S/C7H2Cl5N7O3/c8-6(9,7(10,11)12)3-15-4(19(21)22)18(16-3)5(20)17-2-13-1-14-17/h1-2H. The summed E-state index contributed by atoms with van der Waals surface area (Å²) in [5.74, 6) is -1.63. The molecule has 0 saturated carbocycles. The molecule has 0 atom stereocenters. The van der Waals surface area contributed by atoms with Gasteiger partial charge in [-0.1, -0.05) is 63.1 Å². The minimum Gasteiger partial charge on any atom is -0.390 e. The van der Waals surface area contributed by atoms with Gasteiger partial charge in [-0.3, -0.25) is 0 Å². The second-order valence-corrected chi connectivity index (χ2v) is 7.21. The summed E-state index contributed by atoms with van der Waals surface area (Å²) >= 11 is 28.4. The zero-order chi connectivity index (χ0) is 16.7. The number of carbonyl (C=O) groups excluding carboxylic acids is 1. The second-order valence-electron chi connectivity index (χ2n) is 3.60. The van der Waals surface area contributed by atoms with E-state index in [1.54, 1.807) is 0 Å². The molecular formula is C7H2Cl5N7O3. The average Bonchev–Trinajstić information content (AvgIpc) is 3.06. The number of nitro groups is 1. The molecule has 0 amide bonds. The largest absolute Gasteiger partial charge is 0.465 e. The van der Waals surface area contributed by atoms with Crippen LogP contribution in [0.3, 0.4) is 0 Å². The van der Waals surface area contributed by atoms with Gasteiger partial charge in [-0.05, 0) is 14.6 Å². The highest BCUT2D eigenvalue weighted by Gasteiger charge is 2.54. The number of halogens is 5. The first kappa shape index (κ1) is 17.2. The maximum atomic E-state index is 12.1. The molecule has 0 saturated heterocycles. The minimum absolute atomic E-state index is 0.292. The Bertz CT molecular complexity index is 721. The highest BCUT2D eigenvalue weighted by molar-refractivity contribution is 6.75. The van der Waals surface area contributed by atoms with Gasteiger partial charge in [-0.15, -0.1) is 5.10 Å². The molecular weight excluding hydrogens is 407 g/mol. The monoisotopic (exact) mass is 407 g/mol.